The number of hydrogen-bond donors (Lipinski definition) is 1. The number of para-hydroxylation sites is 1. The fraction of sp³-hybridized carbons (Fsp3) is 0.176. The fourth-order valence-electron chi connectivity index (χ4n) is 4.95. The molecule has 12 heteroatoms. The van der Waals surface area contributed by atoms with E-state index in [9.17, 15) is 19.7 Å². The number of methoxy groups -OCH3 is 1. The van der Waals surface area contributed by atoms with E-state index >= 15 is 0 Å². The third-order valence-electron chi connectivity index (χ3n) is 7.34. The number of carboxylic acids is 1. The number of nitrogens with zero attached hydrogens (tertiary/aromatic N) is 4. The van der Waals surface area contributed by atoms with Gasteiger partial charge in [0.1, 0.15) is 12.4 Å². The summed E-state index contributed by atoms with van der Waals surface area (Å²) in [6.07, 6.45) is 1.36. The van der Waals surface area contributed by atoms with Crippen LogP contribution in [-0.2, 0) is 6.61 Å². The highest BCUT2D eigenvalue weighted by molar-refractivity contribution is 9.10. The van der Waals surface area contributed by atoms with Crippen LogP contribution in [-0.4, -0.2) is 39.0 Å². The predicted octanol–water partition coefficient (Wildman–Crippen LogP) is 7.33. The van der Waals surface area contributed by atoms with Crippen molar-refractivity contribution in [3.05, 3.63) is 126 Å². The predicted molar refractivity (Wildman–Crippen MR) is 178 cm³/mol. The molecule has 0 bridgehead atoms. The molecule has 5 aromatic rings. The third kappa shape index (κ3) is 6.52. The summed E-state index contributed by atoms with van der Waals surface area (Å²) in [5.74, 6) is 0.0953. The number of hydrogen-bond acceptors (Lipinski definition) is 8. The average molecular weight is 686 g/mol. The number of fused-ring (bicyclic) bond motifs is 1. The maximum Gasteiger partial charge on any atom is 0.335 e. The van der Waals surface area contributed by atoms with E-state index in [4.69, 9.17) is 19.6 Å². The lowest BCUT2D eigenvalue weighted by molar-refractivity contribution is -0.386. The SMILES string of the molecule is COc1cc(C)c(-c2nc3ccccc3c(=O)n2N=Cc2cc(Br)c(OCc3ccc(C(=O)O)cc3)c([N+](=O)[O-])c2)cc1C(C)C. The molecule has 46 heavy (non-hydrogen) atoms. The minimum atomic E-state index is -1.06. The number of aromatic carboxylic acids is 1. The molecule has 5 rings (SSSR count). The Kier molecular flexibility index (Phi) is 9.28. The first kappa shape index (κ1) is 32.0. The van der Waals surface area contributed by atoms with Crippen LogP contribution in [0.25, 0.3) is 22.3 Å². The van der Waals surface area contributed by atoms with E-state index in [2.05, 4.69) is 21.0 Å². The van der Waals surface area contributed by atoms with E-state index in [-0.39, 0.29) is 29.5 Å². The number of nitro groups is 1. The molecule has 0 saturated heterocycles. The highest BCUT2D eigenvalue weighted by Gasteiger charge is 2.22. The van der Waals surface area contributed by atoms with Gasteiger partial charge in [0.05, 0.1) is 39.2 Å². The van der Waals surface area contributed by atoms with Gasteiger partial charge in [0.15, 0.2) is 5.82 Å². The Morgan fingerprint density at radius 1 is 1.13 bits per heavy atom. The van der Waals surface area contributed by atoms with Gasteiger partial charge in [-0.15, -0.1) is 0 Å². The molecule has 0 aliphatic heterocycles. The van der Waals surface area contributed by atoms with Crippen LogP contribution in [0.2, 0.25) is 0 Å². The number of carbonyl (C=O) groups is 1. The molecule has 1 N–H and O–H groups in total. The van der Waals surface area contributed by atoms with E-state index in [1.165, 1.54) is 29.1 Å². The fourth-order valence-corrected chi connectivity index (χ4v) is 5.53. The first-order valence-corrected chi connectivity index (χ1v) is 15.0. The van der Waals surface area contributed by atoms with Gasteiger partial charge in [-0.05, 0) is 87.9 Å². The van der Waals surface area contributed by atoms with Gasteiger partial charge in [0, 0.05) is 17.2 Å². The Morgan fingerprint density at radius 3 is 2.50 bits per heavy atom. The van der Waals surface area contributed by atoms with Crippen LogP contribution in [0.4, 0.5) is 5.69 Å². The summed E-state index contributed by atoms with van der Waals surface area (Å²) >= 11 is 3.38. The van der Waals surface area contributed by atoms with Crippen molar-refractivity contribution in [1.82, 2.24) is 9.66 Å². The summed E-state index contributed by atoms with van der Waals surface area (Å²) in [6.45, 7) is 5.96. The molecule has 1 aromatic heterocycles. The lowest BCUT2D eigenvalue weighted by atomic mass is 9.96. The van der Waals surface area contributed by atoms with Gasteiger partial charge < -0.3 is 14.6 Å². The molecule has 0 aliphatic rings. The zero-order valence-corrected chi connectivity index (χ0v) is 26.9. The Bertz CT molecular complexity index is 2070. The molecule has 0 fully saturated rings. The molecule has 0 radical (unpaired) electrons. The van der Waals surface area contributed by atoms with Crippen LogP contribution >= 0.6 is 15.9 Å². The zero-order valence-electron chi connectivity index (χ0n) is 25.4. The minimum Gasteiger partial charge on any atom is -0.496 e. The quantitative estimate of drug-likeness (QED) is 0.0914. The maximum absolute atomic E-state index is 13.8. The largest absolute Gasteiger partial charge is 0.496 e. The van der Waals surface area contributed by atoms with Gasteiger partial charge in [-0.1, -0.05) is 38.1 Å². The van der Waals surface area contributed by atoms with E-state index < -0.39 is 16.5 Å². The van der Waals surface area contributed by atoms with Crippen molar-refractivity contribution in [2.75, 3.05) is 7.11 Å². The van der Waals surface area contributed by atoms with Crippen molar-refractivity contribution in [3.63, 3.8) is 0 Å². The molecular weight excluding hydrogens is 656 g/mol. The molecule has 11 nitrogen and oxygen atoms in total. The Labute approximate surface area is 272 Å². The minimum absolute atomic E-state index is 0.00948. The molecule has 4 aromatic carbocycles. The van der Waals surface area contributed by atoms with Gasteiger partial charge in [0.25, 0.3) is 5.56 Å². The number of nitro benzene ring substituents is 1. The molecule has 234 valence electrons. The van der Waals surface area contributed by atoms with Gasteiger partial charge in [-0.25, -0.2) is 9.78 Å². The van der Waals surface area contributed by atoms with Gasteiger partial charge in [-0.2, -0.15) is 9.78 Å². The van der Waals surface area contributed by atoms with Crippen LogP contribution in [0.1, 0.15) is 52.4 Å². The van der Waals surface area contributed by atoms with E-state index in [1.807, 2.05) is 32.9 Å². The number of aryl methyl sites for hydroxylation is 1. The van der Waals surface area contributed by atoms with Crippen molar-refractivity contribution in [2.45, 2.75) is 33.3 Å². The highest BCUT2D eigenvalue weighted by Crippen LogP contribution is 2.37. The Balaban J connectivity index is 1.57. The maximum atomic E-state index is 13.8. The number of carboxylic acid groups (broad SMARTS) is 1. The smallest absolute Gasteiger partial charge is 0.335 e. The van der Waals surface area contributed by atoms with E-state index in [0.29, 0.717) is 37.9 Å². The van der Waals surface area contributed by atoms with E-state index in [1.54, 1.807) is 49.6 Å². The molecule has 0 aliphatic carbocycles. The third-order valence-corrected chi connectivity index (χ3v) is 7.93. The topological polar surface area (TPSA) is 146 Å². The number of benzene rings is 4. The first-order valence-electron chi connectivity index (χ1n) is 14.2. The number of halogens is 1. The lowest BCUT2D eigenvalue weighted by Crippen LogP contribution is -2.20. The van der Waals surface area contributed by atoms with Crippen LogP contribution in [0.5, 0.6) is 11.5 Å². The monoisotopic (exact) mass is 684 g/mol. The average Bonchev–Trinajstić information content (AvgIpc) is 3.03. The molecule has 0 spiro atoms. The Morgan fingerprint density at radius 2 is 1.85 bits per heavy atom. The summed E-state index contributed by atoms with van der Waals surface area (Å²) in [5, 5.41) is 26.0. The summed E-state index contributed by atoms with van der Waals surface area (Å²) in [6, 6.07) is 19.7. The number of rotatable bonds is 10. The van der Waals surface area contributed by atoms with Gasteiger partial charge >= 0.3 is 11.7 Å². The highest BCUT2D eigenvalue weighted by atomic mass is 79.9. The lowest BCUT2D eigenvalue weighted by Gasteiger charge is -2.17. The van der Waals surface area contributed by atoms with Crippen molar-refractivity contribution in [2.24, 2.45) is 5.10 Å². The van der Waals surface area contributed by atoms with Gasteiger partial charge in [0.2, 0.25) is 5.75 Å². The van der Waals surface area contributed by atoms with Gasteiger partial charge in [-0.3, -0.25) is 14.9 Å². The standard InChI is InChI=1S/C34H29BrN4O7/c1-19(2)25-16-26(20(3)13-30(25)45-4)32-37-28-8-6-5-7-24(28)33(40)38(32)36-17-22-14-27(35)31(29(15-22)39(43)44)46-18-21-9-11-23(12-10-21)34(41)42/h5-17,19H,18H2,1-4H3,(H,41,42). The first-order chi connectivity index (χ1) is 22.0. The molecular formula is C34H29BrN4O7. The van der Waals surface area contributed by atoms with Crippen LogP contribution in [0.15, 0.2) is 87.2 Å². The van der Waals surface area contributed by atoms with Crippen LogP contribution in [0, 0.1) is 17.0 Å². The molecule has 0 unspecified atom stereocenters. The Hall–Kier alpha value is -5.36. The second-order valence-corrected chi connectivity index (χ2v) is 11.6. The molecule has 0 atom stereocenters. The summed E-state index contributed by atoms with van der Waals surface area (Å²) in [5.41, 5.74) is 3.31. The van der Waals surface area contributed by atoms with Crippen molar-refractivity contribution < 1.29 is 24.3 Å². The van der Waals surface area contributed by atoms with Crippen molar-refractivity contribution in [3.8, 4) is 22.9 Å². The summed E-state index contributed by atoms with van der Waals surface area (Å²) < 4.78 is 12.9. The normalized spacial score (nSPS) is 11.3. The molecule has 0 amide bonds. The van der Waals surface area contributed by atoms with E-state index in [0.717, 1.165) is 16.9 Å². The summed E-state index contributed by atoms with van der Waals surface area (Å²) in [4.78, 5) is 41.2. The second kappa shape index (κ2) is 13.3. The number of aromatic nitrogens is 2. The number of ether oxygens (including phenoxy) is 2. The summed E-state index contributed by atoms with van der Waals surface area (Å²) in [7, 11) is 1.61. The molecule has 0 saturated carbocycles. The molecule has 1 heterocycles. The van der Waals surface area contributed by atoms with Crippen molar-refractivity contribution in [1.29, 1.82) is 0 Å². The van der Waals surface area contributed by atoms with Crippen LogP contribution < -0.4 is 15.0 Å². The van der Waals surface area contributed by atoms with Crippen LogP contribution in [0.3, 0.4) is 0 Å². The zero-order chi connectivity index (χ0) is 33.1. The second-order valence-electron chi connectivity index (χ2n) is 10.8. The van der Waals surface area contributed by atoms with Crippen molar-refractivity contribution >= 4 is 44.7 Å².